The lowest BCUT2D eigenvalue weighted by molar-refractivity contribution is 0.171. The average Bonchev–Trinajstić information content (AvgIpc) is 2.82. The molecule has 0 fully saturated rings. The van der Waals surface area contributed by atoms with E-state index in [9.17, 15) is 0 Å². The second-order valence-corrected chi connectivity index (χ2v) is 3.34. The molecule has 5 nitrogen and oxygen atoms in total. The average molecular weight is 238 g/mol. The van der Waals surface area contributed by atoms with Crippen molar-refractivity contribution in [3.63, 3.8) is 0 Å². The Bertz CT molecular complexity index is 439. The van der Waals surface area contributed by atoms with Gasteiger partial charge in [0.25, 0.3) is 0 Å². The number of benzene rings is 1. The highest BCUT2D eigenvalue weighted by atomic mass is 16.7. The second-order valence-electron chi connectivity index (χ2n) is 3.34. The summed E-state index contributed by atoms with van der Waals surface area (Å²) in [5.74, 6) is 2.31. The van der Waals surface area contributed by atoms with Crippen molar-refractivity contribution in [2.75, 3.05) is 27.6 Å². The van der Waals surface area contributed by atoms with Gasteiger partial charge in [0, 0.05) is 6.07 Å². The molecule has 1 aromatic rings. The van der Waals surface area contributed by atoms with Crippen molar-refractivity contribution in [1.29, 1.82) is 0 Å². The van der Waals surface area contributed by atoms with Gasteiger partial charge in [-0.25, -0.2) is 0 Å². The highest BCUT2D eigenvalue weighted by molar-refractivity contribution is 5.72. The monoisotopic (exact) mass is 238 g/mol. The van der Waals surface area contributed by atoms with E-state index in [0.29, 0.717) is 28.6 Å². The van der Waals surface area contributed by atoms with E-state index < -0.39 is 0 Å². The molecule has 92 valence electrons. The molecule has 1 aromatic carbocycles. The maximum Gasteiger partial charge on any atom is 0.231 e. The highest BCUT2D eigenvalue weighted by Gasteiger charge is 2.24. The van der Waals surface area contributed by atoms with E-state index in [2.05, 4.69) is 0 Å². The zero-order valence-corrected chi connectivity index (χ0v) is 9.73. The van der Waals surface area contributed by atoms with Crippen molar-refractivity contribution < 1.29 is 24.1 Å². The molecule has 0 atom stereocenters. The minimum atomic E-state index is -0.0548. The minimum Gasteiger partial charge on any atom is -0.496 e. The standard InChI is InChI=1S/C12H14O5/c1-14-9-6-10-12(17-7-16-10)11(15-2)8(9)4-3-5-13/h3-4,6,13H,5,7H2,1-2H3/b4-3+. The Morgan fingerprint density at radius 3 is 2.82 bits per heavy atom. The van der Waals surface area contributed by atoms with E-state index in [1.165, 1.54) is 0 Å². The molecule has 0 amide bonds. The fourth-order valence-corrected chi connectivity index (χ4v) is 1.70. The van der Waals surface area contributed by atoms with Gasteiger partial charge in [-0.2, -0.15) is 0 Å². The lowest BCUT2D eigenvalue weighted by Crippen LogP contribution is -1.95. The van der Waals surface area contributed by atoms with Gasteiger partial charge >= 0.3 is 0 Å². The second kappa shape index (κ2) is 4.97. The van der Waals surface area contributed by atoms with E-state index in [4.69, 9.17) is 24.1 Å². The van der Waals surface area contributed by atoms with Crippen LogP contribution in [0.2, 0.25) is 0 Å². The van der Waals surface area contributed by atoms with Gasteiger partial charge in [-0.15, -0.1) is 0 Å². The van der Waals surface area contributed by atoms with Crippen molar-refractivity contribution in [2.45, 2.75) is 0 Å². The van der Waals surface area contributed by atoms with Gasteiger partial charge in [-0.3, -0.25) is 0 Å². The lowest BCUT2D eigenvalue weighted by atomic mass is 10.1. The number of ether oxygens (including phenoxy) is 4. The smallest absolute Gasteiger partial charge is 0.231 e. The molecule has 1 heterocycles. The zero-order valence-electron chi connectivity index (χ0n) is 9.73. The molecule has 0 aliphatic carbocycles. The predicted octanol–water partition coefficient (Wildman–Crippen LogP) is 1.44. The molecule has 0 unspecified atom stereocenters. The molecule has 0 spiro atoms. The number of methoxy groups -OCH3 is 2. The maximum absolute atomic E-state index is 8.82. The molecule has 0 aromatic heterocycles. The van der Waals surface area contributed by atoms with Crippen LogP contribution in [0.25, 0.3) is 6.08 Å². The maximum atomic E-state index is 8.82. The van der Waals surface area contributed by atoms with Crippen LogP contribution in [-0.4, -0.2) is 32.7 Å². The first-order valence-electron chi connectivity index (χ1n) is 5.13. The van der Waals surface area contributed by atoms with Gasteiger partial charge in [0.1, 0.15) is 5.75 Å². The van der Waals surface area contributed by atoms with Crippen LogP contribution in [0.3, 0.4) is 0 Å². The molecular formula is C12H14O5. The van der Waals surface area contributed by atoms with E-state index in [1.807, 2.05) is 0 Å². The van der Waals surface area contributed by atoms with Crippen LogP contribution in [-0.2, 0) is 0 Å². The number of hydrogen-bond donors (Lipinski definition) is 1. The lowest BCUT2D eigenvalue weighted by Gasteiger charge is -2.12. The van der Waals surface area contributed by atoms with Gasteiger partial charge in [-0.1, -0.05) is 6.08 Å². The normalized spacial score (nSPS) is 13.1. The first kappa shape index (κ1) is 11.6. The van der Waals surface area contributed by atoms with Crippen LogP contribution in [0.1, 0.15) is 5.56 Å². The van der Waals surface area contributed by atoms with E-state index in [1.54, 1.807) is 32.4 Å². The molecule has 0 saturated carbocycles. The van der Waals surface area contributed by atoms with Crippen molar-refractivity contribution in [3.05, 3.63) is 17.7 Å². The summed E-state index contributed by atoms with van der Waals surface area (Å²) in [6.45, 7) is 0.114. The Hall–Kier alpha value is -1.88. The molecule has 5 heteroatoms. The Kier molecular flexibility index (Phi) is 3.39. The largest absolute Gasteiger partial charge is 0.496 e. The summed E-state index contributed by atoms with van der Waals surface area (Å²) in [5, 5.41) is 8.82. The minimum absolute atomic E-state index is 0.0548. The van der Waals surface area contributed by atoms with Gasteiger partial charge in [0.2, 0.25) is 12.5 Å². The quantitative estimate of drug-likeness (QED) is 0.860. The Morgan fingerprint density at radius 2 is 2.18 bits per heavy atom. The summed E-state index contributed by atoms with van der Waals surface area (Å²) in [7, 11) is 3.11. The summed E-state index contributed by atoms with van der Waals surface area (Å²) in [4.78, 5) is 0. The Labute approximate surface area is 99.2 Å². The van der Waals surface area contributed by atoms with Crippen LogP contribution < -0.4 is 18.9 Å². The summed E-state index contributed by atoms with van der Waals surface area (Å²) in [6.07, 6.45) is 3.32. The number of hydrogen-bond acceptors (Lipinski definition) is 5. The van der Waals surface area contributed by atoms with Gasteiger partial charge in [0.15, 0.2) is 11.5 Å². The fraction of sp³-hybridized carbons (Fsp3) is 0.333. The van der Waals surface area contributed by atoms with Crippen LogP contribution in [0.5, 0.6) is 23.0 Å². The summed E-state index contributed by atoms with van der Waals surface area (Å²) in [5.41, 5.74) is 0.716. The van der Waals surface area contributed by atoms with Crippen molar-refractivity contribution >= 4 is 6.08 Å². The highest BCUT2D eigenvalue weighted by Crippen LogP contribution is 2.48. The molecule has 1 aliphatic heterocycles. The molecule has 1 N–H and O–H groups in total. The van der Waals surface area contributed by atoms with E-state index in [-0.39, 0.29) is 13.4 Å². The number of fused-ring (bicyclic) bond motifs is 1. The van der Waals surface area contributed by atoms with E-state index in [0.717, 1.165) is 0 Å². The van der Waals surface area contributed by atoms with Crippen LogP contribution in [0, 0.1) is 0 Å². The molecule has 17 heavy (non-hydrogen) atoms. The van der Waals surface area contributed by atoms with Crippen LogP contribution in [0.4, 0.5) is 0 Å². The third-order valence-corrected chi connectivity index (χ3v) is 2.43. The van der Waals surface area contributed by atoms with Crippen molar-refractivity contribution in [1.82, 2.24) is 0 Å². The summed E-state index contributed by atoms with van der Waals surface area (Å²) in [6, 6.07) is 1.74. The fourth-order valence-electron chi connectivity index (χ4n) is 1.70. The number of aliphatic hydroxyl groups excluding tert-OH is 1. The van der Waals surface area contributed by atoms with Gasteiger partial charge in [0.05, 0.1) is 26.4 Å². The summed E-state index contributed by atoms with van der Waals surface area (Å²) < 4.78 is 21.2. The molecular weight excluding hydrogens is 224 g/mol. The van der Waals surface area contributed by atoms with Gasteiger partial charge < -0.3 is 24.1 Å². The van der Waals surface area contributed by atoms with Crippen LogP contribution in [0.15, 0.2) is 12.1 Å². The van der Waals surface area contributed by atoms with Gasteiger partial charge in [-0.05, 0) is 6.08 Å². The zero-order chi connectivity index (χ0) is 12.3. The first-order valence-corrected chi connectivity index (χ1v) is 5.13. The van der Waals surface area contributed by atoms with Crippen LogP contribution >= 0.6 is 0 Å². The molecule has 2 rings (SSSR count). The molecule has 0 saturated heterocycles. The van der Waals surface area contributed by atoms with Crippen molar-refractivity contribution in [3.8, 4) is 23.0 Å². The molecule has 0 bridgehead atoms. The first-order chi connectivity index (χ1) is 8.31. The SMILES string of the molecule is COc1cc2c(c(OC)c1/C=C/CO)OCO2. The predicted molar refractivity (Wildman–Crippen MR) is 61.8 cm³/mol. The molecule has 1 aliphatic rings. The molecule has 0 radical (unpaired) electrons. The van der Waals surface area contributed by atoms with Crippen molar-refractivity contribution in [2.24, 2.45) is 0 Å². The Morgan fingerprint density at radius 1 is 1.35 bits per heavy atom. The number of aliphatic hydroxyl groups is 1. The Balaban J connectivity index is 2.57. The third-order valence-electron chi connectivity index (χ3n) is 2.43. The van der Waals surface area contributed by atoms with E-state index >= 15 is 0 Å². The number of rotatable bonds is 4. The third kappa shape index (κ3) is 2.01. The topological polar surface area (TPSA) is 57.2 Å². The summed E-state index contributed by atoms with van der Waals surface area (Å²) >= 11 is 0.